The van der Waals surface area contributed by atoms with Crippen LogP contribution in [0.1, 0.15) is 39.5 Å². The molecule has 0 aliphatic carbocycles. The summed E-state index contributed by atoms with van der Waals surface area (Å²) >= 11 is 0. The lowest BCUT2D eigenvalue weighted by Gasteiger charge is -2.10. The van der Waals surface area contributed by atoms with Crippen LogP contribution in [-0.4, -0.2) is 19.1 Å². The quantitative estimate of drug-likeness (QED) is 0.537. The van der Waals surface area contributed by atoms with E-state index in [1.54, 1.807) is 12.1 Å². The SMILES string of the molecule is CCCC(C)COCCCC(=O)Nc1cccc(N)c1. The van der Waals surface area contributed by atoms with Crippen LogP contribution >= 0.6 is 0 Å². The monoisotopic (exact) mass is 278 g/mol. The zero-order chi connectivity index (χ0) is 14.8. The van der Waals surface area contributed by atoms with Gasteiger partial charge in [0.25, 0.3) is 0 Å². The molecule has 1 atom stereocenters. The van der Waals surface area contributed by atoms with Gasteiger partial charge in [0.2, 0.25) is 5.91 Å². The second-order valence-corrected chi connectivity index (χ2v) is 5.25. The maximum atomic E-state index is 11.7. The number of nitrogen functional groups attached to an aromatic ring is 1. The third-order valence-corrected chi connectivity index (χ3v) is 3.05. The zero-order valence-electron chi connectivity index (χ0n) is 12.5. The van der Waals surface area contributed by atoms with Crippen molar-refractivity contribution in [2.75, 3.05) is 24.3 Å². The average molecular weight is 278 g/mol. The number of hydrogen-bond donors (Lipinski definition) is 2. The van der Waals surface area contributed by atoms with Crippen LogP contribution in [0.25, 0.3) is 0 Å². The molecule has 0 saturated heterocycles. The molecule has 1 aromatic carbocycles. The van der Waals surface area contributed by atoms with Crippen molar-refractivity contribution < 1.29 is 9.53 Å². The molecule has 112 valence electrons. The molecule has 4 heteroatoms. The maximum Gasteiger partial charge on any atom is 0.224 e. The second kappa shape index (κ2) is 9.37. The Kier molecular flexibility index (Phi) is 7.73. The molecule has 0 saturated carbocycles. The Morgan fingerprint density at radius 2 is 2.25 bits per heavy atom. The van der Waals surface area contributed by atoms with E-state index in [0.29, 0.717) is 24.6 Å². The molecule has 0 bridgehead atoms. The molecule has 0 fully saturated rings. The van der Waals surface area contributed by atoms with Crippen LogP contribution < -0.4 is 11.1 Å². The number of carbonyl (C=O) groups excluding carboxylic acids is 1. The standard InChI is InChI=1S/C16H26N2O2/c1-3-6-13(2)12-20-10-5-9-16(19)18-15-8-4-7-14(17)11-15/h4,7-8,11,13H,3,5-6,9-10,12,17H2,1-2H3,(H,18,19). The Labute approximate surface area is 121 Å². The molecule has 1 rings (SSSR count). The highest BCUT2D eigenvalue weighted by Crippen LogP contribution is 2.12. The van der Waals surface area contributed by atoms with Gasteiger partial charge >= 0.3 is 0 Å². The first-order chi connectivity index (χ1) is 9.61. The summed E-state index contributed by atoms with van der Waals surface area (Å²) in [6.07, 6.45) is 3.59. The summed E-state index contributed by atoms with van der Waals surface area (Å²) in [5.74, 6) is 0.599. The number of hydrogen-bond acceptors (Lipinski definition) is 3. The summed E-state index contributed by atoms with van der Waals surface area (Å²) < 4.78 is 5.57. The number of benzene rings is 1. The number of anilines is 2. The molecular formula is C16H26N2O2. The van der Waals surface area contributed by atoms with Gasteiger partial charge in [-0.3, -0.25) is 4.79 Å². The minimum absolute atomic E-state index is 0.000747. The first kappa shape index (κ1) is 16.5. The Morgan fingerprint density at radius 3 is 2.95 bits per heavy atom. The van der Waals surface area contributed by atoms with Gasteiger partial charge in [-0.2, -0.15) is 0 Å². The van der Waals surface area contributed by atoms with Gasteiger partial charge in [0.05, 0.1) is 0 Å². The third kappa shape index (κ3) is 7.14. The molecule has 0 aromatic heterocycles. The highest BCUT2D eigenvalue weighted by Gasteiger charge is 2.04. The molecule has 0 heterocycles. The average Bonchev–Trinajstić information content (AvgIpc) is 2.38. The highest BCUT2D eigenvalue weighted by atomic mass is 16.5. The Balaban J connectivity index is 2.11. The van der Waals surface area contributed by atoms with Crippen LogP contribution in [-0.2, 0) is 9.53 Å². The van der Waals surface area contributed by atoms with E-state index in [0.717, 1.165) is 18.7 Å². The van der Waals surface area contributed by atoms with Crippen LogP contribution in [0.3, 0.4) is 0 Å². The highest BCUT2D eigenvalue weighted by molar-refractivity contribution is 5.91. The van der Waals surface area contributed by atoms with E-state index in [1.165, 1.54) is 12.8 Å². The lowest BCUT2D eigenvalue weighted by atomic mass is 10.1. The molecule has 0 aliphatic heterocycles. The van der Waals surface area contributed by atoms with Crippen LogP contribution in [0.4, 0.5) is 11.4 Å². The topological polar surface area (TPSA) is 64.3 Å². The first-order valence-electron chi connectivity index (χ1n) is 7.35. The Bertz CT molecular complexity index is 407. The van der Waals surface area contributed by atoms with Gasteiger partial charge in [-0.15, -0.1) is 0 Å². The van der Waals surface area contributed by atoms with Gasteiger partial charge in [-0.05, 0) is 37.0 Å². The van der Waals surface area contributed by atoms with E-state index >= 15 is 0 Å². The number of nitrogens with one attached hydrogen (secondary N) is 1. The molecular weight excluding hydrogens is 252 g/mol. The van der Waals surface area contributed by atoms with Gasteiger partial charge < -0.3 is 15.8 Å². The van der Waals surface area contributed by atoms with Crippen LogP contribution in [0.5, 0.6) is 0 Å². The lowest BCUT2D eigenvalue weighted by Crippen LogP contribution is -2.13. The van der Waals surface area contributed by atoms with E-state index < -0.39 is 0 Å². The summed E-state index contributed by atoms with van der Waals surface area (Å²) in [4.78, 5) is 11.7. The lowest BCUT2D eigenvalue weighted by molar-refractivity contribution is -0.116. The number of carbonyl (C=O) groups is 1. The minimum Gasteiger partial charge on any atom is -0.399 e. The van der Waals surface area contributed by atoms with Crippen LogP contribution in [0.2, 0.25) is 0 Å². The number of nitrogens with two attached hydrogens (primary N) is 1. The summed E-state index contributed by atoms with van der Waals surface area (Å²) in [7, 11) is 0. The normalized spacial score (nSPS) is 12.1. The Hall–Kier alpha value is -1.55. The molecule has 0 spiro atoms. The fourth-order valence-corrected chi connectivity index (χ4v) is 2.04. The van der Waals surface area contributed by atoms with Gasteiger partial charge in [0.15, 0.2) is 0 Å². The van der Waals surface area contributed by atoms with Gasteiger partial charge in [-0.1, -0.05) is 26.3 Å². The Morgan fingerprint density at radius 1 is 1.45 bits per heavy atom. The fraction of sp³-hybridized carbons (Fsp3) is 0.562. The van der Waals surface area contributed by atoms with Crippen LogP contribution in [0.15, 0.2) is 24.3 Å². The van der Waals surface area contributed by atoms with Crippen LogP contribution in [0, 0.1) is 5.92 Å². The zero-order valence-corrected chi connectivity index (χ0v) is 12.5. The summed E-state index contributed by atoms with van der Waals surface area (Å²) in [5, 5.41) is 2.83. The number of rotatable bonds is 9. The van der Waals surface area contributed by atoms with E-state index in [1.807, 2.05) is 12.1 Å². The molecule has 4 nitrogen and oxygen atoms in total. The molecule has 0 aliphatic rings. The summed E-state index contributed by atoms with van der Waals surface area (Å²) in [6, 6.07) is 7.20. The molecule has 1 amide bonds. The van der Waals surface area contributed by atoms with Gasteiger partial charge in [0.1, 0.15) is 0 Å². The predicted molar refractivity (Wildman–Crippen MR) is 83.6 cm³/mol. The molecule has 0 radical (unpaired) electrons. The van der Waals surface area contributed by atoms with Gasteiger partial charge in [-0.25, -0.2) is 0 Å². The van der Waals surface area contributed by atoms with E-state index in [2.05, 4.69) is 19.2 Å². The summed E-state index contributed by atoms with van der Waals surface area (Å²) in [6.45, 7) is 5.79. The molecule has 1 aromatic rings. The number of ether oxygens (including phenoxy) is 1. The van der Waals surface area contributed by atoms with E-state index in [-0.39, 0.29) is 5.91 Å². The van der Waals surface area contributed by atoms with Crippen molar-refractivity contribution in [2.45, 2.75) is 39.5 Å². The largest absolute Gasteiger partial charge is 0.399 e. The van der Waals surface area contributed by atoms with Gasteiger partial charge in [0, 0.05) is 31.0 Å². The minimum atomic E-state index is 0.000747. The van der Waals surface area contributed by atoms with Crippen molar-refractivity contribution in [1.82, 2.24) is 0 Å². The maximum absolute atomic E-state index is 11.7. The predicted octanol–water partition coefficient (Wildman–Crippen LogP) is 3.44. The van der Waals surface area contributed by atoms with Crippen molar-refractivity contribution in [3.8, 4) is 0 Å². The van der Waals surface area contributed by atoms with Crippen molar-refractivity contribution >= 4 is 17.3 Å². The fourth-order valence-electron chi connectivity index (χ4n) is 2.04. The van der Waals surface area contributed by atoms with Crippen molar-refractivity contribution in [2.24, 2.45) is 5.92 Å². The summed E-state index contributed by atoms with van der Waals surface area (Å²) in [5.41, 5.74) is 7.05. The molecule has 1 unspecified atom stereocenters. The molecule has 20 heavy (non-hydrogen) atoms. The van der Waals surface area contributed by atoms with E-state index in [4.69, 9.17) is 10.5 Å². The van der Waals surface area contributed by atoms with E-state index in [9.17, 15) is 4.79 Å². The van der Waals surface area contributed by atoms with Crippen molar-refractivity contribution in [3.63, 3.8) is 0 Å². The third-order valence-electron chi connectivity index (χ3n) is 3.05. The van der Waals surface area contributed by atoms with Crippen molar-refractivity contribution in [1.29, 1.82) is 0 Å². The van der Waals surface area contributed by atoms with Crippen molar-refractivity contribution in [3.05, 3.63) is 24.3 Å². The first-order valence-corrected chi connectivity index (χ1v) is 7.35. The molecule has 3 N–H and O–H groups in total. The second-order valence-electron chi connectivity index (χ2n) is 5.25. The number of amides is 1. The smallest absolute Gasteiger partial charge is 0.224 e.